The summed E-state index contributed by atoms with van der Waals surface area (Å²) in [5.41, 5.74) is 1.95. The summed E-state index contributed by atoms with van der Waals surface area (Å²) in [6.45, 7) is 4.11. The number of hydrogen-bond donors (Lipinski definition) is 1. The minimum atomic E-state index is -0.657. The molecule has 3 amide bonds. The highest BCUT2D eigenvalue weighted by molar-refractivity contribution is 6.07. The van der Waals surface area contributed by atoms with Crippen molar-refractivity contribution in [2.24, 2.45) is 5.92 Å². The van der Waals surface area contributed by atoms with Crippen molar-refractivity contribution in [2.45, 2.75) is 44.6 Å². The molecule has 2 fully saturated rings. The minimum Gasteiger partial charge on any atom is -0.323 e. The van der Waals surface area contributed by atoms with E-state index in [2.05, 4.69) is 47.5 Å². The molecule has 3 aliphatic rings. The molecule has 2 aliphatic heterocycles. The molecule has 5 heteroatoms. The van der Waals surface area contributed by atoms with Crippen LogP contribution in [0.25, 0.3) is 5.57 Å². The Morgan fingerprint density at radius 1 is 1.19 bits per heavy atom. The molecule has 0 unspecified atom stereocenters. The van der Waals surface area contributed by atoms with E-state index >= 15 is 0 Å². The zero-order valence-electron chi connectivity index (χ0n) is 15.4. The maximum atomic E-state index is 13.1. The monoisotopic (exact) mass is 353 g/mol. The highest BCUT2D eigenvalue weighted by atomic mass is 16.2. The van der Waals surface area contributed by atoms with Crippen molar-refractivity contribution in [3.8, 4) is 0 Å². The summed E-state index contributed by atoms with van der Waals surface area (Å²) in [4.78, 5) is 29.2. The van der Waals surface area contributed by atoms with Crippen LogP contribution in [0.15, 0.2) is 36.4 Å². The summed E-state index contributed by atoms with van der Waals surface area (Å²) in [5, 5.41) is 3.04. The first-order chi connectivity index (χ1) is 12.6. The Hall–Kier alpha value is -2.14. The molecule has 1 aliphatic carbocycles. The number of urea groups is 1. The predicted octanol–water partition coefficient (Wildman–Crippen LogP) is 3.23. The van der Waals surface area contributed by atoms with E-state index < -0.39 is 5.54 Å². The molecule has 1 aromatic rings. The zero-order valence-corrected chi connectivity index (χ0v) is 15.4. The third-order valence-corrected chi connectivity index (χ3v) is 6.28. The van der Waals surface area contributed by atoms with Gasteiger partial charge in [-0.15, -0.1) is 0 Å². The SMILES string of the molecule is C[C@@H]1CCCC[C@@]12NC(=O)N(CN1CC=C(c3ccccc3)CC1)C2=O. The summed E-state index contributed by atoms with van der Waals surface area (Å²) in [6, 6.07) is 10.2. The maximum Gasteiger partial charge on any atom is 0.326 e. The summed E-state index contributed by atoms with van der Waals surface area (Å²) in [6.07, 6.45) is 7.09. The number of benzene rings is 1. The van der Waals surface area contributed by atoms with E-state index in [1.165, 1.54) is 16.0 Å². The lowest BCUT2D eigenvalue weighted by molar-refractivity contribution is -0.135. The second kappa shape index (κ2) is 6.88. The predicted molar refractivity (Wildman–Crippen MR) is 101 cm³/mol. The van der Waals surface area contributed by atoms with E-state index in [1.807, 2.05) is 6.07 Å². The Morgan fingerprint density at radius 3 is 2.69 bits per heavy atom. The van der Waals surface area contributed by atoms with Gasteiger partial charge in [0.05, 0.1) is 6.67 Å². The zero-order chi connectivity index (χ0) is 18.1. The summed E-state index contributed by atoms with van der Waals surface area (Å²) < 4.78 is 0. The van der Waals surface area contributed by atoms with Gasteiger partial charge in [0.25, 0.3) is 5.91 Å². The van der Waals surface area contributed by atoms with Crippen molar-refractivity contribution >= 4 is 17.5 Å². The van der Waals surface area contributed by atoms with Crippen LogP contribution in [-0.2, 0) is 4.79 Å². The van der Waals surface area contributed by atoms with Gasteiger partial charge in [-0.1, -0.05) is 56.2 Å². The standard InChI is InChI=1S/C21H27N3O2/c1-16-7-5-6-12-21(16)19(25)24(20(26)22-21)15-23-13-10-18(11-14-23)17-8-3-2-4-9-17/h2-4,8-10,16H,5-7,11-15H2,1H3,(H,22,26)/t16-,21-/m1/s1. The van der Waals surface area contributed by atoms with Crippen LogP contribution in [0.2, 0.25) is 0 Å². The molecule has 2 atom stereocenters. The van der Waals surface area contributed by atoms with Crippen LogP contribution in [0.5, 0.6) is 0 Å². The summed E-state index contributed by atoms with van der Waals surface area (Å²) >= 11 is 0. The maximum absolute atomic E-state index is 13.1. The van der Waals surface area contributed by atoms with Gasteiger partial charge in [0.15, 0.2) is 0 Å². The number of imide groups is 1. The number of carbonyl (C=O) groups is 2. The minimum absolute atomic E-state index is 0.0208. The molecule has 26 heavy (non-hydrogen) atoms. The lowest BCUT2D eigenvalue weighted by Gasteiger charge is -2.37. The summed E-state index contributed by atoms with van der Waals surface area (Å²) in [5.74, 6) is 0.191. The summed E-state index contributed by atoms with van der Waals surface area (Å²) in [7, 11) is 0. The van der Waals surface area contributed by atoms with Crippen molar-refractivity contribution in [3.63, 3.8) is 0 Å². The van der Waals surface area contributed by atoms with Gasteiger partial charge in [-0.25, -0.2) is 9.69 Å². The Labute approximate surface area is 155 Å². The van der Waals surface area contributed by atoms with Crippen molar-refractivity contribution < 1.29 is 9.59 Å². The molecule has 0 aromatic heterocycles. The molecule has 1 N–H and O–H groups in total. The Balaban J connectivity index is 1.43. The number of nitrogens with one attached hydrogen (secondary N) is 1. The van der Waals surface area contributed by atoms with Crippen LogP contribution < -0.4 is 5.32 Å². The fourth-order valence-corrected chi connectivity index (χ4v) is 4.58. The molecule has 2 heterocycles. The number of carbonyl (C=O) groups excluding carboxylic acids is 2. The fraction of sp³-hybridized carbons (Fsp3) is 0.524. The van der Waals surface area contributed by atoms with Gasteiger partial charge >= 0.3 is 6.03 Å². The second-order valence-electron chi connectivity index (χ2n) is 7.85. The van der Waals surface area contributed by atoms with Gasteiger partial charge in [0.2, 0.25) is 0 Å². The van der Waals surface area contributed by atoms with Crippen molar-refractivity contribution in [2.75, 3.05) is 19.8 Å². The van der Waals surface area contributed by atoms with Crippen LogP contribution in [0.3, 0.4) is 0 Å². The Morgan fingerprint density at radius 2 is 2.00 bits per heavy atom. The lowest BCUT2D eigenvalue weighted by atomic mass is 9.73. The molecular weight excluding hydrogens is 326 g/mol. The van der Waals surface area contributed by atoms with Gasteiger partial charge in [0, 0.05) is 13.1 Å². The van der Waals surface area contributed by atoms with E-state index in [0.717, 1.165) is 45.2 Å². The molecule has 1 spiro atoms. The van der Waals surface area contributed by atoms with Gasteiger partial charge in [-0.3, -0.25) is 9.69 Å². The van der Waals surface area contributed by atoms with Gasteiger partial charge in [0.1, 0.15) is 5.54 Å². The Kier molecular flexibility index (Phi) is 4.57. The quantitative estimate of drug-likeness (QED) is 0.849. The average Bonchev–Trinajstić information content (AvgIpc) is 2.90. The van der Waals surface area contributed by atoms with E-state index in [0.29, 0.717) is 6.67 Å². The molecule has 1 saturated carbocycles. The van der Waals surface area contributed by atoms with Gasteiger partial charge in [-0.2, -0.15) is 0 Å². The van der Waals surface area contributed by atoms with Crippen molar-refractivity contribution in [1.29, 1.82) is 0 Å². The van der Waals surface area contributed by atoms with Crippen molar-refractivity contribution in [1.82, 2.24) is 15.1 Å². The lowest BCUT2D eigenvalue weighted by Crippen LogP contribution is -2.54. The smallest absolute Gasteiger partial charge is 0.323 e. The first-order valence-corrected chi connectivity index (χ1v) is 9.71. The largest absolute Gasteiger partial charge is 0.326 e. The molecule has 1 saturated heterocycles. The van der Waals surface area contributed by atoms with Crippen LogP contribution in [0, 0.1) is 5.92 Å². The van der Waals surface area contributed by atoms with E-state index in [-0.39, 0.29) is 17.9 Å². The van der Waals surface area contributed by atoms with Gasteiger partial charge in [-0.05, 0) is 36.3 Å². The molecule has 1 aromatic carbocycles. The van der Waals surface area contributed by atoms with Gasteiger partial charge < -0.3 is 5.32 Å². The highest BCUT2D eigenvalue weighted by Gasteiger charge is 2.55. The topological polar surface area (TPSA) is 52.7 Å². The fourth-order valence-electron chi connectivity index (χ4n) is 4.58. The van der Waals surface area contributed by atoms with Crippen molar-refractivity contribution in [3.05, 3.63) is 42.0 Å². The highest BCUT2D eigenvalue weighted by Crippen LogP contribution is 2.38. The number of hydrogen-bond acceptors (Lipinski definition) is 3. The first-order valence-electron chi connectivity index (χ1n) is 9.71. The molecule has 4 rings (SSSR count). The third kappa shape index (κ3) is 2.94. The molecule has 5 nitrogen and oxygen atoms in total. The van der Waals surface area contributed by atoms with Crippen LogP contribution in [0.4, 0.5) is 4.79 Å². The normalized spacial score (nSPS) is 29.8. The molecule has 0 radical (unpaired) electrons. The second-order valence-corrected chi connectivity index (χ2v) is 7.85. The number of rotatable bonds is 3. The van der Waals surface area contributed by atoms with E-state index in [4.69, 9.17) is 0 Å². The van der Waals surface area contributed by atoms with E-state index in [1.54, 1.807) is 0 Å². The third-order valence-electron chi connectivity index (χ3n) is 6.28. The molecular formula is C21H27N3O2. The van der Waals surface area contributed by atoms with E-state index in [9.17, 15) is 9.59 Å². The number of nitrogens with zero attached hydrogens (tertiary/aromatic N) is 2. The van der Waals surface area contributed by atoms with Crippen LogP contribution in [0.1, 0.15) is 44.6 Å². The average molecular weight is 353 g/mol. The molecule has 0 bridgehead atoms. The molecule has 138 valence electrons. The number of amides is 3. The van der Waals surface area contributed by atoms with Crippen LogP contribution >= 0.6 is 0 Å². The Bertz CT molecular complexity index is 730. The van der Waals surface area contributed by atoms with Crippen LogP contribution in [-0.4, -0.2) is 47.0 Å². The first kappa shape index (κ1) is 17.3.